The molecule has 0 unspecified atom stereocenters. The van der Waals surface area contributed by atoms with Gasteiger partial charge in [0, 0.05) is 43.1 Å². The van der Waals surface area contributed by atoms with Crippen LogP contribution in [-0.2, 0) is 22.2 Å². The molecule has 0 saturated heterocycles. The summed E-state index contributed by atoms with van der Waals surface area (Å²) in [5.41, 5.74) is 0.536. The van der Waals surface area contributed by atoms with E-state index >= 15 is 0 Å². The second kappa shape index (κ2) is 9.24. The molecule has 0 atom stereocenters. The summed E-state index contributed by atoms with van der Waals surface area (Å²) >= 11 is 0. The van der Waals surface area contributed by atoms with Gasteiger partial charge in [0.1, 0.15) is 11.4 Å². The molecule has 178 valence electrons. The Hall–Kier alpha value is -3.37. The van der Waals surface area contributed by atoms with Gasteiger partial charge in [0.05, 0.1) is 6.42 Å². The number of amides is 2. The fourth-order valence-corrected chi connectivity index (χ4v) is 3.42. The molecule has 33 heavy (non-hydrogen) atoms. The van der Waals surface area contributed by atoms with Gasteiger partial charge in [-0.3, -0.25) is 9.59 Å². The van der Waals surface area contributed by atoms with E-state index in [0.717, 1.165) is 11.8 Å². The molecule has 11 heteroatoms. The molecule has 8 nitrogen and oxygen atoms in total. The van der Waals surface area contributed by atoms with Crippen molar-refractivity contribution in [2.75, 3.05) is 36.1 Å². The first-order chi connectivity index (χ1) is 15.3. The van der Waals surface area contributed by atoms with Crippen LogP contribution in [0.4, 0.5) is 36.3 Å². The Morgan fingerprint density at radius 1 is 1.24 bits per heavy atom. The number of alkyl halides is 3. The molecule has 1 aliphatic rings. The summed E-state index contributed by atoms with van der Waals surface area (Å²) < 4.78 is 40.3. The lowest BCUT2D eigenvalue weighted by Crippen LogP contribution is -2.37. The predicted molar refractivity (Wildman–Crippen MR) is 119 cm³/mol. The normalized spacial score (nSPS) is 13.4. The Morgan fingerprint density at radius 2 is 1.97 bits per heavy atom. The minimum atomic E-state index is -4.63. The van der Waals surface area contributed by atoms with Crippen molar-refractivity contribution >= 4 is 35.0 Å². The van der Waals surface area contributed by atoms with Gasteiger partial charge >= 0.3 is 6.18 Å². The van der Waals surface area contributed by atoms with E-state index in [2.05, 4.69) is 25.9 Å². The zero-order valence-electron chi connectivity index (χ0n) is 18.9. The third-order valence-electron chi connectivity index (χ3n) is 5.03. The van der Waals surface area contributed by atoms with Crippen LogP contribution < -0.4 is 16.0 Å². The van der Waals surface area contributed by atoms with Crippen LogP contribution in [0, 0.1) is 5.41 Å². The number of hydrogen-bond donors (Lipinski definition) is 3. The number of benzene rings is 1. The van der Waals surface area contributed by atoms with E-state index in [1.807, 2.05) is 20.8 Å². The standard InChI is InChI=1S/C22H27F3N6O2/c1-21(2,3)19(33)31(4)9-5-8-26-18-15(22(23,24)25)12-27-20(30-18)28-14-6-7-16-13(10-14)11-17(32)29-16/h6-7,10,12H,5,8-9,11H2,1-4H3,(H,29,32)(H2,26,27,28,30). The van der Waals surface area contributed by atoms with Gasteiger partial charge in [-0.25, -0.2) is 4.98 Å². The fraction of sp³-hybridized carbons (Fsp3) is 0.455. The lowest BCUT2D eigenvalue weighted by atomic mass is 9.95. The highest BCUT2D eigenvalue weighted by Crippen LogP contribution is 2.34. The first kappa shape index (κ1) is 24.3. The highest BCUT2D eigenvalue weighted by Gasteiger charge is 2.35. The average molecular weight is 464 g/mol. The van der Waals surface area contributed by atoms with E-state index in [4.69, 9.17) is 0 Å². The van der Waals surface area contributed by atoms with Crippen LogP contribution in [0.5, 0.6) is 0 Å². The zero-order chi connectivity index (χ0) is 24.4. The van der Waals surface area contributed by atoms with Crippen molar-refractivity contribution < 1.29 is 22.8 Å². The van der Waals surface area contributed by atoms with Crippen LogP contribution in [0.3, 0.4) is 0 Å². The van der Waals surface area contributed by atoms with Crippen LogP contribution >= 0.6 is 0 Å². The number of anilines is 4. The quantitative estimate of drug-likeness (QED) is 0.535. The SMILES string of the molecule is CN(CCCNc1nc(Nc2ccc3c(c2)CC(=O)N3)ncc1C(F)(F)F)C(=O)C(C)(C)C. The molecule has 1 aromatic carbocycles. The fourth-order valence-electron chi connectivity index (χ4n) is 3.42. The van der Waals surface area contributed by atoms with Gasteiger partial charge in [-0.05, 0) is 30.2 Å². The van der Waals surface area contributed by atoms with E-state index in [-0.39, 0.29) is 36.5 Å². The van der Waals surface area contributed by atoms with Gasteiger partial charge in [-0.1, -0.05) is 20.8 Å². The highest BCUT2D eigenvalue weighted by atomic mass is 19.4. The van der Waals surface area contributed by atoms with Gasteiger partial charge in [-0.15, -0.1) is 0 Å². The van der Waals surface area contributed by atoms with Crippen LogP contribution in [-0.4, -0.2) is 46.8 Å². The van der Waals surface area contributed by atoms with Gasteiger partial charge < -0.3 is 20.9 Å². The Kier molecular flexibility index (Phi) is 6.80. The molecule has 0 fully saturated rings. The van der Waals surface area contributed by atoms with E-state index in [0.29, 0.717) is 24.3 Å². The van der Waals surface area contributed by atoms with Crippen molar-refractivity contribution in [3.63, 3.8) is 0 Å². The second-order valence-corrected chi connectivity index (χ2v) is 8.93. The summed E-state index contributed by atoms with van der Waals surface area (Å²) in [6, 6.07) is 5.12. The third kappa shape index (κ3) is 6.11. The summed E-state index contributed by atoms with van der Waals surface area (Å²) in [4.78, 5) is 33.1. The molecule has 2 amide bonds. The van der Waals surface area contributed by atoms with Gasteiger partial charge in [0.25, 0.3) is 0 Å². The summed E-state index contributed by atoms with van der Waals surface area (Å²) in [5, 5.41) is 8.32. The van der Waals surface area contributed by atoms with Crippen LogP contribution in [0.1, 0.15) is 38.3 Å². The van der Waals surface area contributed by atoms with Gasteiger partial charge in [0.15, 0.2) is 0 Å². The number of halogens is 3. The summed E-state index contributed by atoms with van der Waals surface area (Å²) in [5.74, 6) is -0.516. The van der Waals surface area contributed by atoms with Crippen LogP contribution in [0.15, 0.2) is 24.4 Å². The first-order valence-electron chi connectivity index (χ1n) is 10.5. The minimum absolute atomic E-state index is 0.0113. The zero-order valence-corrected chi connectivity index (χ0v) is 18.9. The van der Waals surface area contributed by atoms with Crippen LogP contribution in [0.25, 0.3) is 0 Å². The van der Waals surface area contributed by atoms with E-state index in [1.54, 1.807) is 30.1 Å². The molecule has 1 aliphatic heterocycles. The second-order valence-electron chi connectivity index (χ2n) is 8.93. The van der Waals surface area contributed by atoms with Crippen molar-refractivity contribution in [1.82, 2.24) is 14.9 Å². The molecular weight excluding hydrogens is 437 g/mol. The molecule has 0 aliphatic carbocycles. The Labute approximate surface area is 190 Å². The number of hydrogen-bond acceptors (Lipinski definition) is 6. The van der Waals surface area contributed by atoms with E-state index in [9.17, 15) is 22.8 Å². The van der Waals surface area contributed by atoms with Gasteiger partial charge in [-0.2, -0.15) is 18.2 Å². The van der Waals surface area contributed by atoms with Crippen molar-refractivity contribution in [3.05, 3.63) is 35.5 Å². The Morgan fingerprint density at radius 3 is 2.64 bits per heavy atom. The molecule has 0 radical (unpaired) electrons. The monoisotopic (exact) mass is 464 g/mol. The third-order valence-corrected chi connectivity index (χ3v) is 5.03. The van der Waals surface area contributed by atoms with Crippen molar-refractivity contribution in [3.8, 4) is 0 Å². The molecule has 1 aromatic heterocycles. The van der Waals surface area contributed by atoms with Crippen molar-refractivity contribution in [1.29, 1.82) is 0 Å². The molecule has 2 aromatic rings. The number of carbonyl (C=O) groups is 2. The molecule has 0 bridgehead atoms. The molecule has 3 N–H and O–H groups in total. The topological polar surface area (TPSA) is 99.2 Å². The average Bonchev–Trinajstić information content (AvgIpc) is 3.08. The molecule has 0 spiro atoms. The maximum absolute atomic E-state index is 13.4. The number of rotatable bonds is 7. The lowest BCUT2D eigenvalue weighted by Gasteiger charge is -2.26. The van der Waals surface area contributed by atoms with Crippen molar-refractivity contribution in [2.45, 2.75) is 39.8 Å². The molecule has 0 saturated carbocycles. The molecule has 2 heterocycles. The predicted octanol–water partition coefficient (Wildman–Crippen LogP) is 4.04. The largest absolute Gasteiger partial charge is 0.421 e. The number of fused-ring (bicyclic) bond motifs is 1. The number of carbonyl (C=O) groups excluding carboxylic acids is 2. The summed E-state index contributed by atoms with van der Waals surface area (Å²) in [6.07, 6.45) is -3.23. The van der Waals surface area contributed by atoms with E-state index < -0.39 is 17.2 Å². The molecule has 3 rings (SSSR count). The smallest absolute Gasteiger partial charge is 0.369 e. The van der Waals surface area contributed by atoms with Crippen molar-refractivity contribution in [2.24, 2.45) is 5.41 Å². The highest BCUT2D eigenvalue weighted by molar-refractivity contribution is 5.99. The maximum Gasteiger partial charge on any atom is 0.421 e. The number of nitrogens with zero attached hydrogens (tertiary/aromatic N) is 3. The Balaban J connectivity index is 1.69. The minimum Gasteiger partial charge on any atom is -0.369 e. The summed E-state index contributed by atoms with van der Waals surface area (Å²) in [7, 11) is 1.67. The van der Waals surface area contributed by atoms with Crippen LogP contribution in [0.2, 0.25) is 0 Å². The first-order valence-corrected chi connectivity index (χ1v) is 10.5. The number of aromatic nitrogens is 2. The van der Waals surface area contributed by atoms with Gasteiger partial charge in [0.2, 0.25) is 17.8 Å². The Bertz CT molecular complexity index is 1050. The maximum atomic E-state index is 13.4. The van der Waals surface area contributed by atoms with E-state index in [1.165, 1.54) is 0 Å². The molecular formula is C22H27F3N6O2. The lowest BCUT2D eigenvalue weighted by molar-refractivity contribution is -0.138. The number of nitrogens with one attached hydrogen (secondary N) is 3. The summed E-state index contributed by atoms with van der Waals surface area (Å²) in [6.45, 7) is 6.01.